The minimum absolute atomic E-state index is 0.0552. The highest BCUT2D eigenvalue weighted by Crippen LogP contribution is 2.44. The predicted molar refractivity (Wildman–Crippen MR) is 103 cm³/mol. The minimum atomic E-state index is 0.0552. The number of thiazole rings is 1. The fourth-order valence-corrected chi connectivity index (χ4v) is 5.36. The highest BCUT2D eigenvalue weighted by atomic mass is 32.1. The summed E-state index contributed by atoms with van der Waals surface area (Å²) in [7, 11) is 3.58. The van der Waals surface area contributed by atoms with Gasteiger partial charge in [0.05, 0.1) is 15.2 Å². The Labute approximate surface area is 153 Å². The third-order valence-electron chi connectivity index (χ3n) is 5.84. The molecule has 1 saturated carbocycles. The van der Waals surface area contributed by atoms with Gasteiger partial charge < -0.3 is 4.90 Å². The van der Waals surface area contributed by atoms with E-state index in [0.29, 0.717) is 5.92 Å². The molecule has 1 saturated heterocycles. The molecule has 5 heteroatoms. The average Bonchev–Trinajstić information content (AvgIpc) is 2.96. The van der Waals surface area contributed by atoms with Crippen molar-refractivity contribution in [1.82, 2.24) is 14.8 Å². The van der Waals surface area contributed by atoms with E-state index in [4.69, 9.17) is 4.98 Å². The molecule has 134 valence electrons. The molecule has 1 aliphatic carbocycles. The third kappa shape index (κ3) is 3.20. The van der Waals surface area contributed by atoms with Gasteiger partial charge >= 0.3 is 0 Å². The molecule has 1 aliphatic heterocycles. The molecule has 4 rings (SSSR count). The number of aromatic nitrogens is 1. The van der Waals surface area contributed by atoms with E-state index in [1.54, 1.807) is 30.3 Å². The summed E-state index contributed by atoms with van der Waals surface area (Å²) >= 11 is 1.77. The van der Waals surface area contributed by atoms with Crippen LogP contribution in [0.5, 0.6) is 0 Å². The number of carbonyl (C=O) groups is 1. The van der Waals surface area contributed by atoms with Crippen LogP contribution in [0.15, 0.2) is 18.2 Å². The van der Waals surface area contributed by atoms with Crippen LogP contribution in [-0.2, 0) is 0 Å². The van der Waals surface area contributed by atoms with Gasteiger partial charge in [-0.25, -0.2) is 4.98 Å². The summed E-state index contributed by atoms with van der Waals surface area (Å²) in [5.74, 6) is 0.657. The maximum absolute atomic E-state index is 12.1. The molecule has 1 aromatic heterocycles. The van der Waals surface area contributed by atoms with Crippen LogP contribution in [-0.4, -0.2) is 53.4 Å². The first-order valence-corrected chi connectivity index (χ1v) is 10.2. The van der Waals surface area contributed by atoms with Crippen molar-refractivity contribution >= 4 is 27.5 Å². The SMILES string of the molecule is C[C@H]1CCCCN1[C@H]1C[C@H](c2nc3ccc(C(=O)N(C)C)cc3s2)C1. The summed E-state index contributed by atoms with van der Waals surface area (Å²) in [6.07, 6.45) is 6.58. The second-order valence-corrected chi connectivity index (χ2v) is 8.90. The maximum atomic E-state index is 12.1. The van der Waals surface area contributed by atoms with E-state index in [0.717, 1.165) is 27.9 Å². The Morgan fingerprint density at radius 1 is 1.28 bits per heavy atom. The molecule has 0 radical (unpaired) electrons. The lowest BCUT2D eigenvalue weighted by molar-refractivity contribution is 0.0480. The van der Waals surface area contributed by atoms with Gasteiger partial charge in [0.1, 0.15) is 0 Å². The van der Waals surface area contributed by atoms with Crippen LogP contribution in [0.3, 0.4) is 0 Å². The van der Waals surface area contributed by atoms with Crippen molar-refractivity contribution < 1.29 is 4.79 Å². The number of piperidine rings is 1. The number of hydrogen-bond donors (Lipinski definition) is 0. The van der Waals surface area contributed by atoms with Crippen molar-refractivity contribution in [2.75, 3.05) is 20.6 Å². The van der Waals surface area contributed by atoms with Crippen LogP contribution in [0.25, 0.3) is 10.2 Å². The second kappa shape index (κ2) is 6.69. The predicted octanol–water partition coefficient (Wildman–Crippen LogP) is 4.12. The molecule has 2 aliphatic rings. The van der Waals surface area contributed by atoms with Crippen molar-refractivity contribution in [1.29, 1.82) is 0 Å². The highest BCUT2D eigenvalue weighted by Gasteiger charge is 2.38. The molecule has 0 unspecified atom stereocenters. The smallest absolute Gasteiger partial charge is 0.253 e. The summed E-state index contributed by atoms with van der Waals surface area (Å²) in [5.41, 5.74) is 1.78. The van der Waals surface area contributed by atoms with Crippen LogP contribution in [0.2, 0.25) is 0 Å². The normalized spacial score (nSPS) is 27.2. The van der Waals surface area contributed by atoms with Gasteiger partial charge in [0, 0.05) is 37.7 Å². The van der Waals surface area contributed by atoms with Crippen LogP contribution < -0.4 is 0 Å². The molecule has 2 heterocycles. The van der Waals surface area contributed by atoms with Gasteiger partial charge in [0.15, 0.2) is 0 Å². The first-order chi connectivity index (χ1) is 12.0. The molecule has 4 nitrogen and oxygen atoms in total. The standard InChI is InChI=1S/C20H27N3OS/c1-13-6-4-5-9-23(13)16-10-15(11-16)19-21-17-8-7-14(12-18(17)25-19)20(24)22(2)3/h7-8,12-13,15-16H,4-6,9-11H2,1-3H3/t13-,15-,16-/m0/s1. The van der Waals surface area contributed by atoms with E-state index in [1.807, 2.05) is 18.2 Å². The fourth-order valence-electron chi connectivity index (χ4n) is 4.23. The number of amides is 1. The largest absolute Gasteiger partial charge is 0.345 e. The van der Waals surface area contributed by atoms with Crippen LogP contribution >= 0.6 is 11.3 Å². The van der Waals surface area contributed by atoms with Crippen LogP contribution in [0.1, 0.15) is 60.3 Å². The Morgan fingerprint density at radius 2 is 2.08 bits per heavy atom. The van der Waals surface area contributed by atoms with Crippen molar-refractivity contribution in [3.05, 3.63) is 28.8 Å². The van der Waals surface area contributed by atoms with Gasteiger partial charge in [-0.2, -0.15) is 0 Å². The molecule has 1 amide bonds. The molecular formula is C20H27N3OS. The lowest BCUT2D eigenvalue weighted by Crippen LogP contribution is -2.50. The van der Waals surface area contributed by atoms with E-state index < -0.39 is 0 Å². The molecular weight excluding hydrogens is 330 g/mol. The first-order valence-electron chi connectivity index (χ1n) is 9.41. The Morgan fingerprint density at radius 3 is 2.80 bits per heavy atom. The monoisotopic (exact) mass is 357 g/mol. The summed E-state index contributed by atoms with van der Waals surface area (Å²) in [4.78, 5) is 21.4. The molecule has 1 aromatic carbocycles. The van der Waals surface area contributed by atoms with Crippen LogP contribution in [0.4, 0.5) is 0 Å². The van der Waals surface area contributed by atoms with Gasteiger partial charge in [0.2, 0.25) is 0 Å². The number of nitrogens with zero attached hydrogens (tertiary/aromatic N) is 3. The Hall–Kier alpha value is -1.46. The lowest BCUT2D eigenvalue weighted by Gasteiger charge is -2.47. The van der Waals surface area contributed by atoms with Gasteiger partial charge in [0.25, 0.3) is 5.91 Å². The van der Waals surface area contributed by atoms with E-state index >= 15 is 0 Å². The molecule has 1 atom stereocenters. The molecule has 0 bridgehead atoms. The zero-order chi connectivity index (χ0) is 17.6. The summed E-state index contributed by atoms with van der Waals surface area (Å²) in [6, 6.07) is 7.39. The zero-order valence-corrected chi connectivity index (χ0v) is 16.2. The fraction of sp³-hybridized carbons (Fsp3) is 0.600. The molecule has 2 fully saturated rings. The van der Waals surface area contributed by atoms with E-state index in [9.17, 15) is 4.79 Å². The zero-order valence-electron chi connectivity index (χ0n) is 15.4. The van der Waals surface area contributed by atoms with Crippen molar-refractivity contribution in [3.8, 4) is 0 Å². The molecule has 0 N–H and O–H groups in total. The summed E-state index contributed by atoms with van der Waals surface area (Å²) < 4.78 is 1.14. The quantitative estimate of drug-likeness (QED) is 0.829. The second-order valence-electron chi connectivity index (χ2n) is 7.84. The molecule has 0 spiro atoms. The summed E-state index contributed by atoms with van der Waals surface area (Å²) in [6.45, 7) is 3.65. The van der Waals surface area contributed by atoms with E-state index in [2.05, 4.69) is 11.8 Å². The van der Waals surface area contributed by atoms with Gasteiger partial charge in [-0.15, -0.1) is 11.3 Å². The average molecular weight is 358 g/mol. The van der Waals surface area contributed by atoms with Gasteiger partial charge in [-0.3, -0.25) is 9.69 Å². The van der Waals surface area contributed by atoms with Crippen molar-refractivity contribution in [2.24, 2.45) is 0 Å². The van der Waals surface area contributed by atoms with Crippen molar-refractivity contribution in [3.63, 3.8) is 0 Å². The maximum Gasteiger partial charge on any atom is 0.253 e. The first kappa shape index (κ1) is 17.0. The number of hydrogen-bond acceptors (Lipinski definition) is 4. The summed E-state index contributed by atoms with van der Waals surface area (Å²) in [5, 5.41) is 1.25. The molecule has 2 aromatic rings. The number of likely N-dealkylation sites (tertiary alicyclic amines) is 1. The van der Waals surface area contributed by atoms with Gasteiger partial charge in [-0.1, -0.05) is 6.42 Å². The van der Waals surface area contributed by atoms with Crippen molar-refractivity contribution in [2.45, 2.75) is 57.0 Å². The van der Waals surface area contributed by atoms with Crippen LogP contribution in [0, 0.1) is 0 Å². The number of benzene rings is 1. The minimum Gasteiger partial charge on any atom is -0.345 e. The Bertz CT molecular complexity index is 778. The van der Waals surface area contributed by atoms with Gasteiger partial charge in [-0.05, 0) is 57.4 Å². The number of carbonyl (C=O) groups excluding carboxylic acids is 1. The highest BCUT2D eigenvalue weighted by molar-refractivity contribution is 7.18. The van der Waals surface area contributed by atoms with E-state index in [1.165, 1.54) is 43.7 Å². The Kier molecular flexibility index (Phi) is 4.54. The number of rotatable bonds is 3. The molecule has 25 heavy (non-hydrogen) atoms. The lowest BCUT2D eigenvalue weighted by atomic mass is 9.78. The van der Waals surface area contributed by atoms with E-state index in [-0.39, 0.29) is 5.91 Å². The number of fused-ring (bicyclic) bond motifs is 1. The Balaban J connectivity index is 1.47. The third-order valence-corrected chi connectivity index (χ3v) is 7.02. The topological polar surface area (TPSA) is 36.4 Å².